The lowest BCUT2D eigenvalue weighted by Gasteiger charge is -2.12. The molecule has 0 saturated carbocycles. The quantitative estimate of drug-likeness (QED) is 0.774. The number of hydrogen-bond acceptors (Lipinski definition) is 4. The molecule has 1 aromatic rings. The highest BCUT2D eigenvalue weighted by atomic mass is 35.5. The molecular formula is C11H15ClO4S. The summed E-state index contributed by atoms with van der Waals surface area (Å²) in [7, 11) is -0.0615. The van der Waals surface area contributed by atoms with Crippen LogP contribution in [0.5, 0.6) is 11.5 Å². The van der Waals surface area contributed by atoms with Gasteiger partial charge < -0.3 is 9.47 Å². The first-order chi connectivity index (χ1) is 7.87. The molecule has 0 heterocycles. The van der Waals surface area contributed by atoms with E-state index in [0.29, 0.717) is 17.1 Å². The molecule has 17 heavy (non-hydrogen) atoms. The molecule has 0 bridgehead atoms. The largest absolute Gasteiger partial charge is 0.493 e. The van der Waals surface area contributed by atoms with Crippen molar-refractivity contribution in [3.8, 4) is 11.5 Å². The third kappa shape index (κ3) is 4.09. The maximum atomic E-state index is 11.2. The van der Waals surface area contributed by atoms with E-state index in [1.54, 1.807) is 18.2 Å². The van der Waals surface area contributed by atoms with Crippen molar-refractivity contribution in [1.82, 2.24) is 0 Å². The van der Waals surface area contributed by atoms with Gasteiger partial charge >= 0.3 is 0 Å². The lowest BCUT2D eigenvalue weighted by atomic mass is 10.1. The fourth-order valence-corrected chi connectivity index (χ4v) is 2.96. The molecule has 1 aromatic carbocycles. The second-order valence-corrected chi connectivity index (χ2v) is 6.39. The Morgan fingerprint density at radius 3 is 2.29 bits per heavy atom. The van der Waals surface area contributed by atoms with Crippen molar-refractivity contribution in [1.29, 1.82) is 0 Å². The van der Waals surface area contributed by atoms with Gasteiger partial charge in [0, 0.05) is 6.26 Å². The van der Waals surface area contributed by atoms with Crippen LogP contribution >= 0.6 is 11.6 Å². The van der Waals surface area contributed by atoms with Gasteiger partial charge in [-0.1, -0.05) is 6.07 Å². The molecule has 0 aliphatic heterocycles. The smallest absolute Gasteiger partial charge is 0.161 e. The Bertz CT molecular complexity index is 484. The number of ether oxygens (including phenoxy) is 2. The van der Waals surface area contributed by atoms with Crippen molar-refractivity contribution in [2.45, 2.75) is 5.38 Å². The van der Waals surface area contributed by atoms with E-state index in [1.807, 2.05) is 0 Å². The van der Waals surface area contributed by atoms with E-state index in [2.05, 4.69) is 0 Å². The van der Waals surface area contributed by atoms with Gasteiger partial charge in [-0.25, -0.2) is 8.42 Å². The number of rotatable bonds is 5. The van der Waals surface area contributed by atoms with Crippen molar-refractivity contribution >= 4 is 21.4 Å². The Morgan fingerprint density at radius 1 is 1.24 bits per heavy atom. The Kier molecular flexibility index (Phi) is 4.65. The number of sulfone groups is 1. The molecule has 0 spiro atoms. The summed E-state index contributed by atoms with van der Waals surface area (Å²) < 4.78 is 32.5. The monoisotopic (exact) mass is 278 g/mol. The molecule has 0 fully saturated rings. The molecule has 1 rings (SSSR count). The highest BCUT2D eigenvalue weighted by Crippen LogP contribution is 2.32. The van der Waals surface area contributed by atoms with Gasteiger partial charge in [0.1, 0.15) is 9.84 Å². The average Bonchev–Trinajstić information content (AvgIpc) is 2.25. The average molecular weight is 279 g/mol. The molecule has 0 amide bonds. The standard InChI is InChI=1S/C11H15ClO4S/c1-15-10-5-4-8(6-11(10)16-2)9(12)7-17(3,13)14/h4-6,9H,7H2,1-3H3. The molecule has 0 aromatic heterocycles. The van der Waals surface area contributed by atoms with Crippen LogP contribution in [-0.4, -0.2) is 34.6 Å². The van der Waals surface area contributed by atoms with E-state index < -0.39 is 15.2 Å². The summed E-state index contributed by atoms with van der Waals surface area (Å²) in [4.78, 5) is 0. The Balaban J connectivity index is 2.99. The van der Waals surface area contributed by atoms with Crippen LogP contribution in [0.25, 0.3) is 0 Å². The van der Waals surface area contributed by atoms with E-state index in [0.717, 1.165) is 6.26 Å². The second kappa shape index (κ2) is 5.60. The Labute approximate surface area is 106 Å². The van der Waals surface area contributed by atoms with Gasteiger partial charge in [-0.05, 0) is 17.7 Å². The summed E-state index contributed by atoms with van der Waals surface area (Å²) in [5, 5.41) is -0.593. The summed E-state index contributed by atoms with van der Waals surface area (Å²) in [6.45, 7) is 0. The summed E-state index contributed by atoms with van der Waals surface area (Å²) in [6.07, 6.45) is 1.16. The molecule has 1 unspecified atom stereocenters. The predicted molar refractivity (Wildman–Crippen MR) is 67.9 cm³/mol. The van der Waals surface area contributed by atoms with Gasteiger partial charge in [0.05, 0.1) is 25.3 Å². The molecular weight excluding hydrogens is 264 g/mol. The number of halogens is 1. The van der Waals surface area contributed by atoms with Crippen LogP contribution in [0, 0.1) is 0 Å². The predicted octanol–water partition coefficient (Wildman–Crippen LogP) is 2.03. The first kappa shape index (κ1) is 14.1. The summed E-state index contributed by atoms with van der Waals surface area (Å²) >= 11 is 6.04. The first-order valence-electron chi connectivity index (χ1n) is 4.91. The SMILES string of the molecule is COc1ccc(C(Cl)CS(C)(=O)=O)cc1OC. The summed E-state index contributed by atoms with van der Waals surface area (Å²) in [6, 6.07) is 5.11. The van der Waals surface area contributed by atoms with Crippen molar-refractivity contribution < 1.29 is 17.9 Å². The fourth-order valence-electron chi connectivity index (χ4n) is 1.41. The van der Waals surface area contributed by atoms with Crippen LogP contribution in [-0.2, 0) is 9.84 Å². The third-order valence-electron chi connectivity index (χ3n) is 2.22. The minimum absolute atomic E-state index is 0.107. The van der Waals surface area contributed by atoms with Crippen LogP contribution < -0.4 is 9.47 Å². The maximum absolute atomic E-state index is 11.2. The number of methoxy groups -OCH3 is 2. The van der Waals surface area contributed by atoms with Gasteiger partial charge in [-0.3, -0.25) is 0 Å². The van der Waals surface area contributed by atoms with Crippen molar-refractivity contribution in [2.75, 3.05) is 26.2 Å². The van der Waals surface area contributed by atoms with Crippen LogP contribution in [0.1, 0.15) is 10.9 Å². The van der Waals surface area contributed by atoms with Crippen LogP contribution in [0.3, 0.4) is 0 Å². The van der Waals surface area contributed by atoms with E-state index >= 15 is 0 Å². The van der Waals surface area contributed by atoms with Gasteiger partial charge in [-0.15, -0.1) is 11.6 Å². The molecule has 0 N–H and O–H groups in total. The van der Waals surface area contributed by atoms with Gasteiger partial charge in [0.2, 0.25) is 0 Å². The van der Waals surface area contributed by atoms with E-state index in [4.69, 9.17) is 21.1 Å². The second-order valence-electron chi connectivity index (χ2n) is 3.67. The van der Waals surface area contributed by atoms with E-state index in [-0.39, 0.29) is 5.75 Å². The number of hydrogen-bond donors (Lipinski definition) is 0. The van der Waals surface area contributed by atoms with Crippen molar-refractivity contribution in [2.24, 2.45) is 0 Å². The highest BCUT2D eigenvalue weighted by Gasteiger charge is 2.16. The summed E-state index contributed by atoms with van der Waals surface area (Å²) in [5.74, 6) is 1.01. The van der Waals surface area contributed by atoms with Gasteiger partial charge in [0.25, 0.3) is 0 Å². The van der Waals surface area contributed by atoms with E-state index in [9.17, 15) is 8.42 Å². The van der Waals surface area contributed by atoms with Crippen LogP contribution in [0.4, 0.5) is 0 Å². The van der Waals surface area contributed by atoms with Gasteiger partial charge in [-0.2, -0.15) is 0 Å². The highest BCUT2D eigenvalue weighted by molar-refractivity contribution is 7.90. The molecule has 4 nitrogen and oxygen atoms in total. The zero-order chi connectivity index (χ0) is 13.1. The zero-order valence-electron chi connectivity index (χ0n) is 9.94. The molecule has 0 aliphatic carbocycles. The topological polar surface area (TPSA) is 52.6 Å². The van der Waals surface area contributed by atoms with Crippen LogP contribution in [0.15, 0.2) is 18.2 Å². The first-order valence-corrected chi connectivity index (χ1v) is 7.41. The molecule has 6 heteroatoms. The molecule has 0 saturated heterocycles. The molecule has 0 radical (unpaired) electrons. The molecule has 96 valence electrons. The van der Waals surface area contributed by atoms with Crippen molar-refractivity contribution in [3.05, 3.63) is 23.8 Å². The maximum Gasteiger partial charge on any atom is 0.161 e. The lowest BCUT2D eigenvalue weighted by molar-refractivity contribution is 0.354. The fraction of sp³-hybridized carbons (Fsp3) is 0.455. The minimum atomic E-state index is -3.11. The van der Waals surface area contributed by atoms with Crippen molar-refractivity contribution in [3.63, 3.8) is 0 Å². The Morgan fingerprint density at radius 2 is 1.82 bits per heavy atom. The molecule has 1 atom stereocenters. The third-order valence-corrected chi connectivity index (χ3v) is 3.75. The normalized spacial score (nSPS) is 13.2. The summed E-state index contributed by atoms with van der Waals surface area (Å²) in [5.41, 5.74) is 0.690. The zero-order valence-corrected chi connectivity index (χ0v) is 11.5. The minimum Gasteiger partial charge on any atom is -0.493 e. The lowest BCUT2D eigenvalue weighted by Crippen LogP contribution is -2.09. The number of alkyl halides is 1. The van der Waals surface area contributed by atoms with Gasteiger partial charge in [0.15, 0.2) is 11.5 Å². The van der Waals surface area contributed by atoms with Crippen LogP contribution in [0.2, 0.25) is 0 Å². The number of benzene rings is 1. The Hall–Kier alpha value is -0.940. The molecule has 0 aliphatic rings. The van der Waals surface area contributed by atoms with E-state index in [1.165, 1.54) is 14.2 Å².